The molecule has 1 N–H and O–H groups in total. The number of amides is 1. The summed E-state index contributed by atoms with van der Waals surface area (Å²) >= 11 is 0. The first-order valence-corrected chi connectivity index (χ1v) is 9.27. The Balaban J connectivity index is 1.57. The molecule has 0 saturated heterocycles. The molecule has 140 valence electrons. The number of carbonyl (C=O) groups excluding carboxylic acids is 1. The highest BCUT2D eigenvalue weighted by molar-refractivity contribution is 6.05. The Labute approximate surface area is 164 Å². The van der Waals surface area contributed by atoms with Crippen molar-refractivity contribution in [1.29, 1.82) is 0 Å². The van der Waals surface area contributed by atoms with E-state index in [1.54, 1.807) is 6.07 Å². The van der Waals surface area contributed by atoms with Gasteiger partial charge in [0.05, 0.1) is 12.1 Å². The molecule has 0 aliphatic rings. The van der Waals surface area contributed by atoms with Crippen molar-refractivity contribution in [3.63, 3.8) is 0 Å². The van der Waals surface area contributed by atoms with Gasteiger partial charge in [0, 0.05) is 11.3 Å². The molecule has 0 atom stereocenters. The van der Waals surface area contributed by atoms with Crippen LogP contribution in [0.4, 0.5) is 5.69 Å². The van der Waals surface area contributed by atoms with Crippen LogP contribution in [-0.2, 0) is 6.54 Å². The third-order valence-electron chi connectivity index (χ3n) is 5.12. The van der Waals surface area contributed by atoms with Crippen LogP contribution in [0, 0.1) is 20.8 Å². The SMILES string of the molecule is Cc1ccc(NC(=O)c2ccc3c(c2)nnn3Cc2ccccc2C)cc1C. The summed E-state index contributed by atoms with van der Waals surface area (Å²) in [6.45, 7) is 6.82. The van der Waals surface area contributed by atoms with Gasteiger partial charge in [0.25, 0.3) is 5.91 Å². The molecule has 0 saturated carbocycles. The van der Waals surface area contributed by atoms with Gasteiger partial charge in [-0.1, -0.05) is 35.5 Å². The normalized spacial score (nSPS) is 11.0. The lowest BCUT2D eigenvalue weighted by Crippen LogP contribution is -2.12. The number of aromatic nitrogens is 3. The summed E-state index contributed by atoms with van der Waals surface area (Å²) in [4.78, 5) is 12.6. The van der Waals surface area contributed by atoms with Crippen molar-refractivity contribution in [2.45, 2.75) is 27.3 Å². The van der Waals surface area contributed by atoms with Crippen molar-refractivity contribution >= 4 is 22.6 Å². The summed E-state index contributed by atoms with van der Waals surface area (Å²) in [5, 5.41) is 11.5. The molecular weight excluding hydrogens is 348 g/mol. The standard InChI is InChI=1S/C23H22N4O/c1-15-8-10-20(12-17(15)3)24-23(28)18-9-11-22-21(13-18)25-26-27(22)14-19-7-5-4-6-16(19)2/h4-13H,14H2,1-3H3,(H,24,28). The van der Waals surface area contributed by atoms with Gasteiger partial charge in [-0.15, -0.1) is 5.10 Å². The van der Waals surface area contributed by atoms with Gasteiger partial charge in [0.1, 0.15) is 5.52 Å². The summed E-state index contributed by atoms with van der Waals surface area (Å²) in [7, 11) is 0. The number of nitrogens with zero attached hydrogens (tertiary/aromatic N) is 3. The fraction of sp³-hybridized carbons (Fsp3) is 0.174. The summed E-state index contributed by atoms with van der Waals surface area (Å²) in [5.41, 5.74) is 7.73. The van der Waals surface area contributed by atoms with Crippen LogP contribution >= 0.6 is 0 Å². The molecule has 1 heterocycles. The first kappa shape index (κ1) is 17.9. The van der Waals surface area contributed by atoms with Gasteiger partial charge in [-0.05, 0) is 73.4 Å². The smallest absolute Gasteiger partial charge is 0.255 e. The summed E-state index contributed by atoms with van der Waals surface area (Å²) < 4.78 is 1.86. The highest BCUT2D eigenvalue weighted by Crippen LogP contribution is 2.19. The van der Waals surface area contributed by atoms with Gasteiger partial charge < -0.3 is 5.32 Å². The molecule has 1 aromatic heterocycles. The molecular formula is C23H22N4O. The highest BCUT2D eigenvalue weighted by Gasteiger charge is 2.12. The van der Waals surface area contributed by atoms with Gasteiger partial charge in [-0.2, -0.15) is 0 Å². The quantitative estimate of drug-likeness (QED) is 0.568. The summed E-state index contributed by atoms with van der Waals surface area (Å²) in [6.07, 6.45) is 0. The molecule has 5 heteroatoms. The minimum absolute atomic E-state index is 0.154. The van der Waals surface area contributed by atoms with Gasteiger partial charge in [-0.25, -0.2) is 4.68 Å². The molecule has 0 spiro atoms. The minimum Gasteiger partial charge on any atom is -0.322 e. The lowest BCUT2D eigenvalue weighted by molar-refractivity contribution is 0.102. The van der Waals surface area contributed by atoms with Crippen molar-refractivity contribution in [1.82, 2.24) is 15.0 Å². The van der Waals surface area contributed by atoms with Crippen LogP contribution < -0.4 is 5.32 Å². The second-order valence-corrected chi connectivity index (χ2v) is 7.13. The summed E-state index contributed by atoms with van der Waals surface area (Å²) in [5.74, 6) is -0.154. The van der Waals surface area contributed by atoms with E-state index in [4.69, 9.17) is 0 Å². The van der Waals surface area contributed by atoms with Crippen LogP contribution in [0.25, 0.3) is 11.0 Å². The zero-order valence-electron chi connectivity index (χ0n) is 16.2. The Hall–Kier alpha value is -3.47. The number of aryl methyl sites for hydroxylation is 3. The number of fused-ring (bicyclic) bond motifs is 1. The molecule has 1 amide bonds. The maximum Gasteiger partial charge on any atom is 0.255 e. The number of hydrogen-bond donors (Lipinski definition) is 1. The third-order valence-corrected chi connectivity index (χ3v) is 5.12. The maximum absolute atomic E-state index is 12.6. The van der Waals surface area contributed by atoms with E-state index in [1.165, 1.54) is 16.7 Å². The van der Waals surface area contributed by atoms with E-state index < -0.39 is 0 Å². The first-order valence-electron chi connectivity index (χ1n) is 9.27. The van der Waals surface area contributed by atoms with Crippen molar-refractivity contribution in [3.05, 3.63) is 88.5 Å². The number of hydrogen-bond acceptors (Lipinski definition) is 3. The van der Waals surface area contributed by atoms with Gasteiger partial charge in [-0.3, -0.25) is 4.79 Å². The molecule has 0 bridgehead atoms. The Bertz CT molecular complexity index is 1180. The topological polar surface area (TPSA) is 59.8 Å². The fourth-order valence-corrected chi connectivity index (χ4v) is 3.20. The van der Waals surface area contributed by atoms with Gasteiger partial charge >= 0.3 is 0 Å². The molecule has 0 radical (unpaired) electrons. The Morgan fingerprint density at radius 3 is 2.54 bits per heavy atom. The highest BCUT2D eigenvalue weighted by atomic mass is 16.1. The van der Waals surface area contributed by atoms with Crippen molar-refractivity contribution < 1.29 is 4.79 Å². The molecule has 4 aromatic rings. The van der Waals surface area contributed by atoms with Gasteiger partial charge in [0.2, 0.25) is 0 Å². The van der Waals surface area contributed by atoms with Crippen molar-refractivity contribution in [3.8, 4) is 0 Å². The molecule has 0 aliphatic carbocycles. The van der Waals surface area contributed by atoms with Crippen LogP contribution in [0.15, 0.2) is 60.7 Å². The van der Waals surface area contributed by atoms with E-state index in [2.05, 4.69) is 41.6 Å². The second-order valence-electron chi connectivity index (χ2n) is 7.13. The molecule has 0 unspecified atom stereocenters. The van der Waals surface area contributed by atoms with Crippen molar-refractivity contribution in [2.24, 2.45) is 0 Å². The lowest BCUT2D eigenvalue weighted by Gasteiger charge is -2.08. The summed E-state index contributed by atoms with van der Waals surface area (Å²) in [6, 6.07) is 19.6. The molecule has 4 rings (SSSR count). The monoisotopic (exact) mass is 370 g/mol. The van der Waals surface area contributed by atoms with E-state index in [-0.39, 0.29) is 5.91 Å². The average molecular weight is 370 g/mol. The molecule has 0 aliphatic heterocycles. The fourth-order valence-electron chi connectivity index (χ4n) is 3.20. The lowest BCUT2D eigenvalue weighted by atomic mass is 10.1. The van der Waals surface area contributed by atoms with Crippen molar-refractivity contribution in [2.75, 3.05) is 5.32 Å². The van der Waals surface area contributed by atoms with E-state index in [9.17, 15) is 4.79 Å². The van der Waals surface area contributed by atoms with Crippen LogP contribution in [0.1, 0.15) is 32.6 Å². The Morgan fingerprint density at radius 1 is 0.929 bits per heavy atom. The number of benzene rings is 3. The molecule has 3 aromatic carbocycles. The van der Waals surface area contributed by atoms with E-state index in [0.29, 0.717) is 17.6 Å². The largest absolute Gasteiger partial charge is 0.322 e. The number of anilines is 1. The molecule has 5 nitrogen and oxygen atoms in total. The van der Waals surface area contributed by atoms with Crippen LogP contribution in [0.3, 0.4) is 0 Å². The third kappa shape index (κ3) is 3.51. The number of nitrogens with one attached hydrogen (secondary N) is 1. The van der Waals surface area contributed by atoms with E-state index in [0.717, 1.165) is 16.8 Å². The number of carbonyl (C=O) groups is 1. The predicted octanol–water partition coefficient (Wildman–Crippen LogP) is 4.66. The second kappa shape index (κ2) is 7.27. The minimum atomic E-state index is -0.154. The average Bonchev–Trinajstić information content (AvgIpc) is 3.08. The maximum atomic E-state index is 12.6. The Kier molecular flexibility index (Phi) is 4.65. The van der Waals surface area contributed by atoms with Gasteiger partial charge in [0.15, 0.2) is 0 Å². The zero-order chi connectivity index (χ0) is 19.7. The number of rotatable bonds is 4. The van der Waals surface area contributed by atoms with E-state index >= 15 is 0 Å². The predicted molar refractivity (Wildman–Crippen MR) is 112 cm³/mol. The Morgan fingerprint density at radius 2 is 1.75 bits per heavy atom. The first-order chi connectivity index (χ1) is 13.5. The molecule has 0 fully saturated rings. The van der Waals surface area contributed by atoms with Crippen LogP contribution in [-0.4, -0.2) is 20.9 Å². The van der Waals surface area contributed by atoms with E-state index in [1.807, 2.05) is 54.1 Å². The van der Waals surface area contributed by atoms with Crippen LogP contribution in [0.5, 0.6) is 0 Å². The molecule has 28 heavy (non-hydrogen) atoms. The van der Waals surface area contributed by atoms with Crippen LogP contribution in [0.2, 0.25) is 0 Å². The zero-order valence-corrected chi connectivity index (χ0v) is 16.2.